The number of nitrogens with two attached hydrogens (primary N) is 1. The van der Waals surface area contributed by atoms with Crippen molar-refractivity contribution in [1.82, 2.24) is 9.55 Å². The van der Waals surface area contributed by atoms with E-state index in [2.05, 4.69) is 4.98 Å². The fourth-order valence-corrected chi connectivity index (χ4v) is 1.93. The van der Waals surface area contributed by atoms with Crippen molar-refractivity contribution in [2.45, 2.75) is 19.9 Å². The molecule has 0 aliphatic rings. The van der Waals surface area contributed by atoms with Crippen LogP contribution in [-0.2, 0) is 11.3 Å². The number of hydrogen-bond acceptors (Lipinski definition) is 5. The first-order valence-electron chi connectivity index (χ1n) is 6.86. The fourth-order valence-electron chi connectivity index (χ4n) is 1.93. The molecule has 0 spiro atoms. The average Bonchev–Trinajstić information content (AvgIpc) is 2.99. The van der Waals surface area contributed by atoms with E-state index in [0.29, 0.717) is 36.6 Å². The molecule has 1 heterocycles. The molecule has 0 amide bonds. The van der Waals surface area contributed by atoms with Gasteiger partial charge in [-0.05, 0) is 25.5 Å². The van der Waals surface area contributed by atoms with E-state index in [1.54, 1.807) is 30.7 Å². The van der Waals surface area contributed by atoms with Crippen LogP contribution in [0.25, 0.3) is 0 Å². The van der Waals surface area contributed by atoms with Gasteiger partial charge in [0.1, 0.15) is 5.56 Å². The van der Waals surface area contributed by atoms with E-state index in [0.717, 1.165) is 6.54 Å². The van der Waals surface area contributed by atoms with E-state index in [4.69, 9.17) is 15.2 Å². The zero-order valence-corrected chi connectivity index (χ0v) is 12.0. The minimum Gasteiger partial charge on any atom is -0.491 e. The molecule has 0 fully saturated rings. The molecular weight excluding hydrogens is 270 g/mol. The summed E-state index contributed by atoms with van der Waals surface area (Å²) in [6, 6.07) is 5.06. The van der Waals surface area contributed by atoms with Gasteiger partial charge in [0.25, 0.3) is 0 Å². The molecule has 6 heteroatoms. The Labute approximate surface area is 123 Å². The predicted octanol–water partition coefficient (Wildman–Crippen LogP) is 2.11. The van der Waals surface area contributed by atoms with Crippen molar-refractivity contribution in [3.63, 3.8) is 0 Å². The number of aryl methyl sites for hydroxylation is 1. The largest absolute Gasteiger partial charge is 0.491 e. The molecule has 0 atom stereocenters. The number of para-hydroxylation sites is 1. The SMILES string of the molecule is CCOc1c(N)cccc1C(=O)OCCCn1ccnc1. The van der Waals surface area contributed by atoms with E-state index in [1.165, 1.54) is 0 Å². The number of ether oxygens (including phenoxy) is 2. The molecule has 1 aromatic heterocycles. The van der Waals surface area contributed by atoms with Gasteiger partial charge in [0.15, 0.2) is 5.75 Å². The summed E-state index contributed by atoms with van der Waals surface area (Å²) in [6.07, 6.45) is 6.03. The summed E-state index contributed by atoms with van der Waals surface area (Å²) < 4.78 is 12.6. The number of aromatic nitrogens is 2. The van der Waals surface area contributed by atoms with Crippen LogP contribution >= 0.6 is 0 Å². The van der Waals surface area contributed by atoms with Gasteiger partial charge >= 0.3 is 5.97 Å². The Bertz CT molecular complexity index is 582. The number of anilines is 1. The molecule has 0 aliphatic carbocycles. The molecule has 0 radical (unpaired) electrons. The number of imidazole rings is 1. The van der Waals surface area contributed by atoms with Crippen molar-refractivity contribution in [1.29, 1.82) is 0 Å². The van der Waals surface area contributed by atoms with Gasteiger partial charge in [-0.2, -0.15) is 0 Å². The Kier molecular flexibility index (Phi) is 5.20. The Morgan fingerprint density at radius 3 is 3.00 bits per heavy atom. The molecule has 1 aromatic carbocycles. The molecule has 6 nitrogen and oxygen atoms in total. The van der Waals surface area contributed by atoms with Gasteiger partial charge in [0, 0.05) is 18.9 Å². The summed E-state index contributed by atoms with van der Waals surface area (Å²) >= 11 is 0. The molecule has 0 aliphatic heterocycles. The lowest BCUT2D eigenvalue weighted by molar-refractivity contribution is 0.0491. The van der Waals surface area contributed by atoms with Crippen LogP contribution in [0.2, 0.25) is 0 Å². The van der Waals surface area contributed by atoms with Crippen LogP contribution in [0.3, 0.4) is 0 Å². The number of carbonyl (C=O) groups excluding carboxylic acids is 1. The minimum atomic E-state index is -0.420. The average molecular weight is 289 g/mol. The van der Waals surface area contributed by atoms with Crippen molar-refractivity contribution in [3.05, 3.63) is 42.5 Å². The van der Waals surface area contributed by atoms with Gasteiger partial charge in [-0.25, -0.2) is 9.78 Å². The lowest BCUT2D eigenvalue weighted by Crippen LogP contribution is -2.11. The van der Waals surface area contributed by atoms with Gasteiger partial charge in [-0.1, -0.05) is 6.07 Å². The number of benzene rings is 1. The van der Waals surface area contributed by atoms with Crippen molar-refractivity contribution in [2.24, 2.45) is 0 Å². The Balaban J connectivity index is 1.89. The Morgan fingerprint density at radius 1 is 1.43 bits per heavy atom. The van der Waals surface area contributed by atoms with Gasteiger partial charge < -0.3 is 19.8 Å². The van der Waals surface area contributed by atoms with Crippen molar-refractivity contribution in [3.8, 4) is 5.75 Å². The lowest BCUT2D eigenvalue weighted by atomic mass is 10.1. The summed E-state index contributed by atoms with van der Waals surface area (Å²) in [5.74, 6) is -0.0315. The molecule has 112 valence electrons. The first-order chi connectivity index (χ1) is 10.2. The molecule has 2 N–H and O–H groups in total. The summed E-state index contributed by atoms with van der Waals surface area (Å²) in [7, 11) is 0. The number of rotatable bonds is 7. The summed E-state index contributed by atoms with van der Waals surface area (Å²) in [4.78, 5) is 16.0. The molecule has 0 unspecified atom stereocenters. The molecule has 2 rings (SSSR count). The highest BCUT2D eigenvalue weighted by Crippen LogP contribution is 2.27. The standard InChI is InChI=1S/C15H19N3O3/c1-2-20-14-12(5-3-6-13(14)16)15(19)21-10-4-8-18-9-7-17-11-18/h3,5-7,9,11H,2,4,8,10,16H2,1H3. The molecule has 0 bridgehead atoms. The third-order valence-corrected chi connectivity index (χ3v) is 2.91. The number of hydrogen-bond donors (Lipinski definition) is 1. The van der Waals surface area contributed by atoms with E-state index >= 15 is 0 Å². The summed E-state index contributed by atoms with van der Waals surface area (Å²) in [6.45, 7) is 3.36. The molecule has 21 heavy (non-hydrogen) atoms. The quantitative estimate of drug-likeness (QED) is 0.480. The van der Waals surface area contributed by atoms with E-state index in [9.17, 15) is 4.79 Å². The van der Waals surface area contributed by atoms with Gasteiger partial charge in [0.2, 0.25) is 0 Å². The second kappa shape index (κ2) is 7.33. The second-order valence-corrected chi connectivity index (χ2v) is 4.45. The van der Waals surface area contributed by atoms with Gasteiger partial charge in [-0.3, -0.25) is 0 Å². The van der Waals surface area contributed by atoms with Gasteiger partial charge in [0.05, 0.1) is 25.2 Å². The molecule has 0 saturated heterocycles. The predicted molar refractivity (Wildman–Crippen MR) is 79.1 cm³/mol. The number of nitrogen functional groups attached to an aromatic ring is 1. The van der Waals surface area contributed by atoms with E-state index < -0.39 is 5.97 Å². The maximum atomic E-state index is 12.1. The number of nitrogens with zero attached hydrogens (tertiary/aromatic N) is 2. The third-order valence-electron chi connectivity index (χ3n) is 2.91. The van der Waals surface area contributed by atoms with Crippen LogP contribution in [0.4, 0.5) is 5.69 Å². The highest BCUT2D eigenvalue weighted by Gasteiger charge is 2.16. The normalized spacial score (nSPS) is 10.3. The Hall–Kier alpha value is -2.50. The highest BCUT2D eigenvalue weighted by molar-refractivity contribution is 5.94. The Morgan fingerprint density at radius 2 is 2.29 bits per heavy atom. The number of esters is 1. The van der Waals surface area contributed by atoms with Crippen molar-refractivity contribution >= 4 is 11.7 Å². The van der Waals surface area contributed by atoms with Crippen LogP contribution in [-0.4, -0.2) is 28.7 Å². The number of carbonyl (C=O) groups is 1. The van der Waals surface area contributed by atoms with Crippen LogP contribution in [0, 0.1) is 0 Å². The summed E-state index contributed by atoms with van der Waals surface area (Å²) in [5.41, 5.74) is 6.62. The monoisotopic (exact) mass is 289 g/mol. The topological polar surface area (TPSA) is 79.4 Å². The molecule has 2 aromatic rings. The zero-order valence-electron chi connectivity index (χ0n) is 12.0. The summed E-state index contributed by atoms with van der Waals surface area (Å²) in [5, 5.41) is 0. The zero-order chi connectivity index (χ0) is 15.1. The highest BCUT2D eigenvalue weighted by atomic mass is 16.5. The molecule has 0 saturated carbocycles. The van der Waals surface area contributed by atoms with Crippen LogP contribution in [0.1, 0.15) is 23.7 Å². The van der Waals surface area contributed by atoms with E-state index in [-0.39, 0.29) is 0 Å². The van der Waals surface area contributed by atoms with Crippen LogP contribution in [0.15, 0.2) is 36.9 Å². The van der Waals surface area contributed by atoms with Crippen molar-refractivity contribution < 1.29 is 14.3 Å². The fraction of sp³-hybridized carbons (Fsp3) is 0.333. The maximum Gasteiger partial charge on any atom is 0.342 e. The minimum absolute atomic E-state index is 0.331. The van der Waals surface area contributed by atoms with Crippen molar-refractivity contribution in [2.75, 3.05) is 18.9 Å². The smallest absolute Gasteiger partial charge is 0.342 e. The second-order valence-electron chi connectivity index (χ2n) is 4.45. The molecular formula is C15H19N3O3. The van der Waals surface area contributed by atoms with Gasteiger partial charge in [-0.15, -0.1) is 0 Å². The maximum absolute atomic E-state index is 12.1. The van der Waals surface area contributed by atoms with E-state index in [1.807, 2.05) is 17.7 Å². The first kappa shape index (κ1) is 14.9. The third kappa shape index (κ3) is 3.98. The van der Waals surface area contributed by atoms with Crippen LogP contribution in [0.5, 0.6) is 5.75 Å². The first-order valence-corrected chi connectivity index (χ1v) is 6.86. The van der Waals surface area contributed by atoms with Crippen LogP contribution < -0.4 is 10.5 Å². The lowest BCUT2D eigenvalue weighted by Gasteiger charge is -2.12.